The molecule has 1 saturated heterocycles. The van der Waals surface area contributed by atoms with Crippen LogP contribution in [0.1, 0.15) is 11.5 Å². The molecule has 0 spiro atoms. The molecule has 0 radical (unpaired) electrons. The van der Waals surface area contributed by atoms with Gasteiger partial charge >= 0.3 is 0 Å². The van der Waals surface area contributed by atoms with Gasteiger partial charge in [0.25, 0.3) is 0 Å². The van der Waals surface area contributed by atoms with Gasteiger partial charge < -0.3 is 24.4 Å². The quantitative estimate of drug-likeness (QED) is 0.387. The maximum absolute atomic E-state index is 6.15. The first-order valence-corrected chi connectivity index (χ1v) is 12.3. The highest BCUT2D eigenvalue weighted by Gasteiger charge is 2.19. The SMILES string of the molecule is Cc1cc(N(CCNc2ccnc3cc(Cl)ccc23)Cc2ccco2)nc(N2CCN(C)CC2)n1. The number of anilines is 3. The first-order valence-electron chi connectivity index (χ1n) is 11.9. The molecule has 0 saturated carbocycles. The molecule has 0 atom stereocenters. The van der Waals surface area contributed by atoms with Gasteiger partial charge in [-0.25, -0.2) is 4.98 Å². The van der Waals surface area contributed by atoms with Crippen LogP contribution < -0.4 is 15.1 Å². The number of hydrogen-bond donors (Lipinski definition) is 1. The number of halogens is 1. The molecule has 5 rings (SSSR count). The van der Waals surface area contributed by atoms with Crippen LogP contribution in [-0.4, -0.2) is 66.2 Å². The fourth-order valence-electron chi connectivity index (χ4n) is 4.31. The van der Waals surface area contributed by atoms with Gasteiger partial charge in [0.1, 0.15) is 11.6 Å². The minimum Gasteiger partial charge on any atom is -0.467 e. The average Bonchev–Trinajstić information content (AvgIpc) is 3.36. The third-order valence-corrected chi connectivity index (χ3v) is 6.50. The molecular formula is C26H30ClN7O. The topological polar surface area (TPSA) is 73.6 Å². The van der Waals surface area contributed by atoms with Gasteiger partial charge in [-0.15, -0.1) is 0 Å². The van der Waals surface area contributed by atoms with E-state index in [2.05, 4.69) is 32.0 Å². The zero-order valence-corrected chi connectivity index (χ0v) is 20.9. The van der Waals surface area contributed by atoms with Crippen LogP contribution in [0.3, 0.4) is 0 Å². The highest BCUT2D eigenvalue weighted by molar-refractivity contribution is 6.31. The van der Waals surface area contributed by atoms with Crippen LogP contribution in [0.4, 0.5) is 17.5 Å². The Morgan fingerprint density at radius 2 is 1.94 bits per heavy atom. The van der Waals surface area contributed by atoms with Crippen molar-refractivity contribution >= 4 is 40.0 Å². The molecule has 1 aromatic carbocycles. The highest BCUT2D eigenvalue weighted by atomic mass is 35.5. The van der Waals surface area contributed by atoms with Gasteiger partial charge in [0.05, 0.1) is 18.3 Å². The largest absolute Gasteiger partial charge is 0.467 e. The van der Waals surface area contributed by atoms with E-state index in [0.717, 1.165) is 79.1 Å². The molecule has 1 fully saturated rings. The number of fused-ring (bicyclic) bond motifs is 1. The van der Waals surface area contributed by atoms with Crippen molar-refractivity contribution in [3.8, 4) is 0 Å². The maximum Gasteiger partial charge on any atom is 0.227 e. The van der Waals surface area contributed by atoms with Gasteiger partial charge in [-0.3, -0.25) is 4.98 Å². The molecule has 1 N–H and O–H groups in total. The molecule has 182 valence electrons. The second-order valence-electron chi connectivity index (χ2n) is 8.91. The second kappa shape index (κ2) is 10.5. The molecule has 1 aliphatic rings. The van der Waals surface area contributed by atoms with Crippen molar-refractivity contribution in [2.24, 2.45) is 0 Å². The van der Waals surface area contributed by atoms with Gasteiger partial charge in [0.15, 0.2) is 0 Å². The smallest absolute Gasteiger partial charge is 0.227 e. The lowest BCUT2D eigenvalue weighted by Gasteiger charge is -2.33. The summed E-state index contributed by atoms with van der Waals surface area (Å²) in [5.74, 6) is 2.59. The number of rotatable bonds is 8. The maximum atomic E-state index is 6.15. The Morgan fingerprint density at radius 1 is 1.09 bits per heavy atom. The zero-order valence-electron chi connectivity index (χ0n) is 20.1. The molecule has 4 aromatic rings. The molecule has 0 bridgehead atoms. The van der Waals surface area contributed by atoms with Crippen LogP contribution in [0.5, 0.6) is 0 Å². The summed E-state index contributed by atoms with van der Waals surface area (Å²) in [5.41, 5.74) is 2.86. The fourth-order valence-corrected chi connectivity index (χ4v) is 4.48. The van der Waals surface area contributed by atoms with E-state index < -0.39 is 0 Å². The van der Waals surface area contributed by atoms with Gasteiger partial charge in [-0.1, -0.05) is 11.6 Å². The van der Waals surface area contributed by atoms with Crippen molar-refractivity contribution < 1.29 is 4.42 Å². The van der Waals surface area contributed by atoms with E-state index in [1.165, 1.54) is 0 Å². The fraction of sp³-hybridized carbons (Fsp3) is 0.346. The van der Waals surface area contributed by atoms with Gasteiger partial charge in [-0.2, -0.15) is 4.98 Å². The minimum absolute atomic E-state index is 0.625. The van der Waals surface area contributed by atoms with Gasteiger partial charge in [0.2, 0.25) is 5.95 Å². The highest BCUT2D eigenvalue weighted by Crippen LogP contribution is 2.25. The monoisotopic (exact) mass is 491 g/mol. The van der Waals surface area contributed by atoms with Gasteiger partial charge in [-0.05, 0) is 50.4 Å². The Morgan fingerprint density at radius 3 is 2.74 bits per heavy atom. The third-order valence-electron chi connectivity index (χ3n) is 6.27. The average molecular weight is 492 g/mol. The van der Waals surface area contributed by atoms with Crippen LogP contribution in [0.15, 0.2) is 59.3 Å². The van der Waals surface area contributed by atoms with Crippen molar-refractivity contribution in [3.63, 3.8) is 0 Å². The number of aromatic nitrogens is 3. The molecular weight excluding hydrogens is 462 g/mol. The molecule has 0 aliphatic carbocycles. The molecule has 0 amide bonds. The number of likely N-dealkylation sites (N-methyl/N-ethyl adjacent to an activating group) is 1. The Hall–Kier alpha value is -3.36. The van der Waals surface area contributed by atoms with E-state index in [-0.39, 0.29) is 0 Å². The first kappa shape index (κ1) is 23.4. The number of nitrogens with one attached hydrogen (secondary N) is 1. The van der Waals surface area contributed by atoms with E-state index in [0.29, 0.717) is 11.6 Å². The predicted molar refractivity (Wildman–Crippen MR) is 141 cm³/mol. The first-order chi connectivity index (χ1) is 17.0. The second-order valence-corrected chi connectivity index (χ2v) is 9.34. The summed E-state index contributed by atoms with van der Waals surface area (Å²) in [7, 11) is 2.15. The summed E-state index contributed by atoms with van der Waals surface area (Å²) in [4.78, 5) is 21.0. The van der Waals surface area contributed by atoms with Gasteiger partial charge in [0, 0.05) is 73.3 Å². The van der Waals surface area contributed by atoms with Crippen LogP contribution >= 0.6 is 11.6 Å². The van der Waals surface area contributed by atoms with E-state index in [4.69, 9.17) is 26.0 Å². The summed E-state index contributed by atoms with van der Waals surface area (Å²) < 4.78 is 5.67. The molecule has 35 heavy (non-hydrogen) atoms. The van der Waals surface area contributed by atoms with E-state index >= 15 is 0 Å². The summed E-state index contributed by atoms with van der Waals surface area (Å²) in [5, 5.41) is 5.30. The Balaban J connectivity index is 1.36. The van der Waals surface area contributed by atoms with Crippen molar-refractivity contribution in [2.45, 2.75) is 13.5 Å². The summed E-state index contributed by atoms with van der Waals surface area (Å²) in [6.45, 7) is 7.99. The lowest BCUT2D eigenvalue weighted by atomic mass is 10.2. The number of pyridine rings is 1. The number of piperazine rings is 1. The van der Waals surface area contributed by atoms with Crippen LogP contribution in [-0.2, 0) is 6.54 Å². The van der Waals surface area contributed by atoms with Crippen molar-refractivity contribution in [3.05, 3.63) is 71.4 Å². The molecule has 9 heteroatoms. The van der Waals surface area contributed by atoms with Crippen LogP contribution in [0.25, 0.3) is 10.9 Å². The number of nitrogens with zero attached hydrogens (tertiary/aromatic N) is 6. The normalized spacial score (nSPS) is 14.4. The molecule has 3 aromatic heterocycles. The summed E-state index contributed by atoms with van der Waals surface area (Å²) in [6.07, 6.45) is 3.51. The third kappa shape index (κ3) is 5.66. The molecule has 8 nitrogen and oxygen atoms in total. The zero-order chi connectivity index (χ0) is 24.2. The van der Waals surface area contributed by atoms with Crippen LogP contribution in [0, 0.1) is 6.92 Å². The number of aryl methyl sites for hydroxylation is 1. The standard InChI is InChI=1S/C26H30ClN7O/c1-19-16-25(31-26(30-19)33-13-11-32(2)12-14-33)34(18-21-4-3-15-35-21)10-9-29-23-7-8-28-24-17-20(27)5-6-22(23)24/h3-8,15-17H,9-14,18H2,1-2H3,(H,28,29). The van der Waals surface area contributed by atoms with E-state index in [9.17, 15) is 0 Å². The number of furan rings is 1. The molecule has 1 aliphatic heterocycles. The number of benzene rings is 1. The Labute approximate surface area is 210 Å². The summed E-state index contributed by atoms with van der Waals surface area (Å²) in [6, 6.07) is 13.7. The summed E-state index contributed by atoms with van der Waals surface area (Å²) >= 11 is 6.15. The van der Waals surface area contributed by atoms with Crippen molar-refractivity contribution in [2.75, 3.05) is 61.4 Å². The Bertz CT molecular complexity index is 1270. The van der Waals surface area contributed by atoms with E-state index in [1.54, 1.807) is 12.5 Å². The molecule has 4 heterocycles. The van der Waals surface area contributed by atoms with Crippen molar-refractivity contribution in [1.82, 2.24) is 19.9 Å². The Kier molecular flexibility index (Phi) is 7.01. The van der Waals surface area contributed by atoms with E-state index in [1.807, 2.05) is 49.4 Å². The lowest BCUT2D eigenvalue weighted by molar-refractivity contribution is 0.311. The van der Waals surface area contributed by atoms with Crippen LogP contribution in [0.2, 0.25) is 5.02 Å². The minimum atomic E-state index is 0.625. The lowest BCUT2D eigenvalue weighted by Crippen LogP contribution is -2.45. The van der Waals surface area contributed by atoms with Crippen molar-refractivity contribution in [1.29, 1.82) is 0 Å². The predicted octanol–water partition coefficient (Wildman–Crippen LogP) is 4.45. The molecule has 0 unspecified atom stereocenters. The number of hydrogen-bond acceptors (Lipinski definition) is 8.